The van der Waals surface area contributed by atoms with Crippen LogP contribution in [0.5, 0.6) is 0 Å². The Kier molecular flexibility index (Phi) is 3.03. The van der Waals surface area contributed by atoms with Crippen LogP contribution >= 0.6 is 0 Å². The topological polar surface area (TPSA) is 53.3 Å². The molecule has 0 radical (unpaired) electrons. The Labute approximate surface area is 102 Å². The molecule has 1 aromatic rings. The average molecular weight is 236 g/mol. The summed E-state index contributed by atoms with van der Waals surface area (Å²) >= 11 is 0. The third-order valence-electron chi connectivity index (χ3n) is 3.84. The van der Waals surface area contributed by atoms with Crippen molar-refractivity contribution in [2.75, 3.05) is 32.0 Å². The SMILES string of the molecule is CNc1coc(C2CN3CCCCC3CN2)n1. The van der Waals surface area contributed by atoms with E-state index in [1.54, 1.807) is 6.26 Å². The fraction of sp³-hybridized carbons (Fsp3) is 0.750. The Hall–Kier alpha value is -1.07. The number of nitrogens with one attached hydrogen (secondary N) is 2. The zero-order valence-electron chi connectivity index (χ0n) is 10.3. The maximum Gasteiger partial charge on any atom is 0.214 e. The number of piperazine rings is 1. The van der Waals surface area contributed by atoms with E-state index in [1.165, 1.54) is 25.8 Å². The van der Waals surface area contributed by atoms with E-state index in [2.05, 4.69) is 20.5 Å². The van der Waals surface area contributed by atoms with E-state index >= 15 is 0 Å². The van der Waals surface area contributed by atoms with Crippen LogP contribution in [0.15, 0.2) is 10.7 Å². The molecule has 94 valence electrons. The number of nitrogens with zero attached hydrogens (tertiary/aromatic N) is 2. The van der Waals surface area contributed by atoms with Gasteiger partial charge in [-0.3, -0.25) is 4.90 Å². The molecule has 2 saturated heterocycles. The van der Waals surface area contributed by atoms with E-state index in [9.17, 15) is 0 Å². The Morgan fingerprint density at radius 1 is 1.53 bits per heavy atom. The van der Waals surface area contributed by atoms with E-state index < -0.39 is 0 Å². The molecule has 2 aliphatic heterocycles. The van der Waals surface area contributed by atoms with Crippen molar-refractivity contribution < 1.29 is 4.42 Å². The first-order valence-electron chi connectivity index (χ1n) is 6.47. The first-order valence-corrected chi connectivity index (χ1v) is 6.47. The fourth-order valence-corrected chi connectivity index (χ4v) is 2.84. The van der Waals surface area contributed by atoms with Crippen molar-refractivity contribution in [3.05, 3.63) is 12.2 Å². The van der Waals surface area contributed by atoms with Crippen LogP contribution in [0, 0.1) is 0 Å². The average Bonchev–Trinajstić information content (AvgIpc) is 2.87. The van der Waals surface area contributed by atoms with Crippen LogP contribution in [0.3, 0.4) is 0 Å². The Balaban J connectivity index is 1.68. The standard InChI is InChI=1S/C12H20N4O/c1-13-11-8-17-12(15-11)10-7-16-5-3-2-4-9(16)6-14-10/h8-10,13-14H,2-7H2,1H3. The van der Waals surface area contributed by atoms with E-state index in [0.717, 1.165) is 30.8 Å². The molecule has 0 saturated carbocycles. The number of rotatable bonds is 2. The van der Waals surface area contributed by atoms with Crippen LogP contribution in [0.2, 0.25) is 0 Å². The molecule has 5 heteroatoms. The van der Waals surface area contributed by atoms with Crippen LogP contribution < -0.4 is 10.6 Å². The summed E-state index contributed by atoms with van der Waals surface area (Å²) in [4.78, 5) is 7.00. The van der Waals surface area contributed by atoms with Crippen molar-refractivity contribution in [1.82, 2.24) is 15.2 Å². The first-order chi connectivity index (χ1) is 8.36. The molecule has 17 heavy (non-hydrogen) atoms. The van der Waals surface area contributed by atoms with Crippen molar-refractivity contribution in [3.63, 3.8) is 0 Å². The van der Waals surface area contributed by atoms with Gasteiger partial charge in [-0.2, -0.15) is 4.98 Å². The van der Waals surface area contributed by atoms with E-state index in [4.69, 9.17) is 4.42 Å². The minimum absolute atomic E-state index is 0.242. The summed E-state index contributed by atoms with van der Waals surface area (Å²) in [5, 5.41) is 6.54. The summed E-state index contributed by atoms with van der Waals surface area (Å²) in [7, 11) is 1.86. The van der Waals surface area contributed by atoms with Crippen molar-refractivity contribution in [3.8, 4) is 0 Å². The molecular weight excluding hydrogens is 216 g/mol. The lowest BCUT2D eigenvalue weighted by molar-refractivity contribution is 0.0875. The molecular formula is C12H20N4O. The Bertz CT molecular complexity index is 378. The number of hydrogen-bond donors (Lipinski definition) is 2. The Morgan fingerprint density at radius 2 is 2.47 bits per heavy atom. The fourth-order valence-electron chi connectivity index (χ4n) is 2.84. The van der Waals surface area contributed by atoms with E-state index in [1.807, 2.05) is 7.05 Å². The summed E-state index contributed by atoms with van der Waals surface area (Å²) in [5.74, 6) is 1.61. The quantitative estimate of drug-likeness (QED) is 0.808. The second-order valence-corrected chi connectivity index (χ2v) is 4.93. The second kappa shape index (κ2) is 4.66. The van der Waals surface area contributed by atoms with Crippen molar-refractivity contribution >= 4 is 5.82 Å². The van der Waals surface area contributed by atoms with Gasteiger partial charge in [0.2, 0.25) is 5.89 Å². The van der Waals surface area contributed by atoms with E-state index in [0.29, 0.717) is 0 Å². The highest BCUT2D eigenvalue weighted by molar-refractivity contribution is 5.29. The van der Waals surface area contributed by atoms with Gasteiger partial charge in [0.15, 0.2) is 5.82 Å². The molecule has 2 fully saturated rings. The van der Waals surface area contributed by atoms with Gasteiger partial charge in [-0.1, -0.05) is 6.42 Å². The monoisotopic (exact) mass is 236 g/mol. The molecule has 2 unspecified atom stereocenters. The number of piperidine rings is 1. The lowest BCUT2D eigenvalue weighted by Gasteiger charge is -2.42. The molecule has 0 bridgehead atoms. The van der Waals surface area contributed by atoms with Crippen LogP contribution in [0.25, 0.3) is 0 Å². The number of hydrogen-bond acceptors (Lipinski definition) is 5. The largest absolute Gasteiger partial charge is 0.445 e. The zero-order valence-corrected chi connectivity index (χ0v) is 10.3. The summed E-state index contributed by atoms with van der Waals surface area (Å²) in [5.41, 5.74) is 0. The molecule has 1 aromatic heterocycles. The van der Waals surface area contributed by atoms with Crippen LogP contribution in [0.1, 0.15) is 31.2 Å². The number of fused-ring (bicyclic) bond motifs is 1. The molecule has 2 aliphatic rings. The third kappa shape index (κ3) is 2.17. The molecule has 5 nitrogen and oxygen atoms in total. The molecule has 0 spiro atoms. The van der Waals surface area contributed by atoms with Gasteiger partial charge >= 0.3 is 0 Å². The first kappa shape index (κ1) is 11.0. The van der Waals surface area contributed by atoms with Gasteiger partial charge in [-0.05, 0) is 19.4 Å². The minimum atomic E-state index is 0.242. The van der Waals surface area contributed by atoms with Gasteiger partial charge in [-0.25, -0.2) is 0 Å². The molecule has 3 rings (SSSR count). The predicted octanol–water partition coefficient (Wildman–Crippen LogP) is 1.22. The number of aromatic nitrogens is 1. The summed E-state index contributed by atoms with van der Waals surface area (Å²) in [6.45, 7) is 3.30. The maximum absolute atomic E-state index is 5.51. The smallest absolute Gasteiger partial charge is 0.214 e. The van der Waals surface area contributed by atoms with E-state index in [-0.39, 0.29) is 6.04 Å². The van der Waals surface area contributed by atoms with Gasteiger partial charge in [0.1, 0.15) is 6.26 Å². The normalized spacial score (nSPS) is 29.9. The van der Waals surface area contributed by atoms with Crippen LogP contribution in [-0.2, 0) is 0 Å². The minimum Gasteiger partial charge on any atom is -0.445 e. The van der Waals surface area contributed by atoms with Gasteiger partial charge < -0.3 is 15.1 Å². The van der Waals surface area contributed by atoms with Crippen LogP contribution in [0.4, 0.5) is 5.82 Å². The number of anilines is 1. The van der Waals surface area contributed by atoms with Crippen molar-refractivity contribution in [1.29, 1.82) is 0 Å². The predicted molar refractivity (Wildman–Crippen MR) is 66.0 cm³/mol. The lowest BCUT2D eigenvalue weighted by Crippen LogP contribution is -2.54. The lowest BCUT2D eigenvalue weighted by atomic mass is 9.98. The van der Waals surface area contributed by atoms with Gasteiger partial charge in [0.25, 0.3) is 0 Å². The van der Waals surface area contributed by atoms with Crippen molar-refractivity contribution in [2.45, 2.75) is 31.3 Å². The summed E-state index contributed by atoms with van der Waals surface area (Å²) in [6, 6.07) is 0.963. The Morgan fingerprint density at radius 3 is 3.29 bits per heavy atom. The number of oxazole rings is 1. The highest BCUT2D eigenvalue weighted by Gasteiger charge is 2.32. The summed E-state index contributed by atoms with van der Waals surface area (Å²) < 4.78 is 5.51. The second-order valence-electron chi connectivity index (χ2n) is 4.93. The molecule has 3 heterocycles. The van der Waals surface area contributed by atoms with Crippen molar-refractivity contribution in [2.24, 2.45) is 0 Å². The summed E-state index contributed by atoms with van der Waals surface area (Å²) in [6.07, 6.45) is 5.71. The highest BCUT2D eigenvalue weighted by Crippen LogP contribution is 2.25. The van der Waals surface area contributed by atoms with Gasteiger partial charge in [0, 0.05) is 26.2 Å². The van der Waals surface area contributed by atoms with Crippen LogP contribution in [-0.4, -0.2) is 42.6 Å². The maximum atomic E-state index is 5.51. The molecule has 2 N–H and O–H groups in total. The third-order valence-corrected chi connectivity index (χ3v) is 3.84. The van der Waals surface area contributed by atoms with Gasteiger partial charge in [-0.15, -0.1) is 0 Å². The molecule has 0 aliphatic carbocycles. The molecule has 0 aromatic carbocycles. The zero-order chi connectivity index (χ0) is 11.7. The highest BCUT2D eigenvalue weighted by atomic mass is 16.3. The molecule has 0 amide bonds. The molecule has 2 atom stereocenters. The van der Waals surface area contributed by atoms with Gasteiger partial charge in [0.05, 0.1) is 6.04 Å².